The van der Waals surface area contributed by atoms with Gasteiger partial charge in [0.25, 0.3) is 0 Å². The number of methoxy groups -OCH3 is 1. The van der Waals surface area contributed by atoms with Gasteiger partial charge >= 0.3 is 0 Å². The Balaban J connectivity index is 2.11. The number of benzene rings is 1. The molecule has 2 rings (SSSR count). The standard InChI is InChI=1S/C23H31FN2O3S/c1-3-4-8-22(27)25(13-6-14-29-2)18-23(28)26(17-21-7-5-15-30-21)16-19-9-11-20(24)12-10-19/h5,7,9-12,15H,3-4,6,8,13-14,16-18H2,1-2H3. The molecule has 30 heavy (non-hydrogen) atoms. The third-order valence-electron chi connectivity index (χ3n) is 4.77. The summed E-state index contributed by atoms with van der Waals surface area (Å²) in [4.78, 5) is 30.3. The lowest BCUT2D eigenvalue weighted by molar-refractivity contribution is -0.141. The van der Waals surface area contributed by atoms with Gasteiger partial charge in [-0.2, -0.15) is 0 Å². The van der Waals surface area contributed by atoms with E-state index in [4.69, 9.17) is 4.74 Å². The number of thiophene rings is 1. The molecule has 1 aromatic carbocycles. The molecule has 2 aromatic rings. The van der Waals surface area contributed by atoms with E-state index in [9.17, 15) is 14.0 Å². The molecular formula is C23H31FN2O3S. The average molecular weight is 435 g/mol. The highest BCUT2D eigenvalue weighted by Crippen LogP contribution is 2.16. The second-order valence-corrected chi connectivity index (χ2v) is 8.25. The van der Waals surface area contributed by atoms with Gasteiger partial charge in [0.2, 0.25) is 11.8 Å². The summed E-state index contributed by atoms with van der Waals surface area (Å²) < 4.78 is 18.4. The summed E-state index contributed by atoms with van der Waals surface area (Å²) in [6, 6.07) is 10.1. The zero-order valence-electron chi connectivity index (χ0n) is 17.8. The van der Waals surface area contributed by atoms with E-state index < -0.39 is 0 Å². The lowest BCUT2D eigenvalue weighted by Gasteiger charge is -2.28. The van der Waals surface area contributed by atoms with Crippen molar-refractivity contribution in [2.45, 2.75) is 45.7 Å². The Morgan fingerprint density at radius 2 is 1.80 bits per heavy atom. The van der Waals surface area contributed by atoms with Crippen molar-refractivity contribution in [2.24, 2.45) is 0 Å². The molecule has 7 heteroatoms. The first kappa shape index (κ1) is 24.0. The fraction of sp³-hybridized carbons (Fsp3) is 0.478. The molecule has 0 aliphatic rings. The van der Waals surface area contributed by atoms with Gasteiger partial charge < -0.3 is 14.5 Å². The van der Waals surface area contributed by atoms with Crippen LogP contribution in [0.25, 0.3) is 0 Å². The third-order valence-corrected chi connectivity index (χ3v) is 5.63. The normalized spacial score (nSPS) is 10.8. The minimum absolute atomic E-state index is 0.000779. The van der Waals surface area contributed by atoms with Gasteiger partial charge in [-0.15, -0.1) is 11.3 Å². The number of amides is 2. The van der Waals surface area contributed by atoms with Crippen LogP contribution in [0.5, 0.6) is 0 Å². The first-order chi connectivity index (χ1) is 14.5. The van der Waals surface area contributed by atoms with E-state index in [1.165, 1.54) is 12.1 Å². The van der Waals surface area contributed by atoms with Crippen molar-refractivity contribution in [3.8, 4) is 0 Å². The monoisotopic (exact) mass is 434 g/mol. The van der Waals surface area contributed by atoms with Crippen LogP contribution in [0.1, 0.15) is 43.0 Å². The highest BCUT2D eigenvalue weighted by atomic mass is 32.1. The SMILES string of the molecule is CCCCC(=O)N(CCCOC)CC(=O)N(Cc1ccc(F)cc1)Cc1cccs1. The highest BCUT2D eigenvalue weighted by molar-refractivity contribution is 7.09. The fourth-order valence-corrected chi connectivity index (χ4v) is 3.79. The number of unbranched alkanes of at least 4 members (excludes halogenated alkanes) is 1. The van der Waals surface area contributed by atoms with E-state index in [0.717, 1.165) is 23.3 Å². The maximum absolute atomic E-state index is 13.3. The van der Waals surface area contributed by atoms with Crippen LogP contribution in [0.2, 0.25) is 0 Å². The molecule has 164 valence electrons. The van der Waals surface area contributed by atoms with E-state index in [-0.39, 0.29) is 24.2 Å². The highest BCUT2D eigenvalue weighted by Gasteiger charge is 2.21. The molecule has 0 aliphatic carbocycles. The second-order valence-electron chi connectivity index (χ2n) is 7.22. The molecule has 0 saturated carbocycles. The van der Waals surface area contributed by atoms with Crippen LogP contribution < -0.4 is 0 Å². The summed E-state index contributed by atoms with van der Waals surface area (Å²) in [5.74, 6) is -0.421. The predicted octanol–water partition coefficient (Wildman–Crippen LogP) is 4.47. The van der Waals surface area contributed by atoms with Gasteiger partial charge in [0.1, 0.15) is 5.82 Å². The van der Waals surface area contributed by atoms with Gasteiger partial charge in [0.15, 0.2) is 0 Å². The van der Waals surface area contributed by atoms with Crippen molar-refractivity contribution in [1.82, 2.24) is 9.80 Å². The van der Waals surface area contributed by atoms with Crippen molar-refractivity contribution >= 4 is 23.2 Å². The van der Waals surface area contributed by atoms with E-state index in [2.05, 4.69) is 0 Å². The van der Waals surface area contributed by atoms with Crippen LogP contribution in [-0.4, -0.2) is 48.4 Å². The minimum Gasteiger partial charge on any atom is -0.385 e. The molecule has 5 nitrogen and oxygen atoms in total. The van der Waals surface area contributed by atoms with Crippen LogP contribution >= 0.6 is 11.3 Å². The molecule has 0 bridgehead atoms. The molecule has 0 saturated heterocycles. The zero-order chi connectivity index (χ0) is 21.8. The van der Waals surface area contributed by atoms with Crippen LogP contribution in [0.15, 0.2) is 41.8 Å². The lowest BCUT2D eigenvalue weighted by Crippen LogP contribution is -2.43. The predicted molar refractivity (Wildman–Crippen MR) is 118 cm³/mol. The Morgan fingerprint density at radius 1 is 1.03 bits per heavy atom. The number of carbonyl (C=O) groups is 2. The fourth-order valence-electron chi connectivity index (χ4n) is 3.07. The van der Waals surface area contributed by atoms with Crippen LogP contribution in [0.4, 0.5) is 4.39 Å². The van der Waals surface area contributed by atoms with Gasteiger partial charge in [-0.3, -0.25) is 9.59 Å². The zero-order valence-corrected chi connectivity index (χ0v) is 18.6. The smallest absolute Gasteiger partial charge is 0.242 e. The molecule has 2 amide bonds. The summed E-state index contributed by atoms with van der Waals surface area (Å²) in [7, 11) is 1.62. The number of ether oxygens (including phenoxy) is 1. The summed E-state index contributed by atoms with van der Waals surface area (Å²) >= 11 is 1.58. The molecule has 0 atom stereocenters. The topological polar surface area (TPSA) is 49.9 Å². The van der Waals surface area contributed by atoms with E-state index in [0.29, 0.717) is 39.1 Å². The quantitative estimate of drug-likeness (QED) is 0.437. The third kappa shape index (κ3) is 8.24. The molecule has 1 aromatic heterocycles. The van der Waals surface area contributed by atoms with Gasteiger partial charge in [-0.25, -0.2) is 4.39 Å². The molecule has 0 spiro atoms. The lowest BCUT2D eigenvalue weighted by atomic mass is 10.2. The summed E-state index contributed by atoms with van der Waals surface area (Å²) in [6.45, 7) is 3.94. The molecule has 0 N–H and O–H groups in total. The Hall–Kier alpha value is -2.25. The van der Waals surface area contributed by atoms with Crippen molar-refractivity contribution in [2.75, 3.05) is 26.8 Å². The Morgan fingerprint density at radius 3 is 2.43 bits per heavy atom. The van der Waals surface area contributed by atoms with Crippen molar-refractivity contribution in [1.29, 1.82) is 0 Å². The first-order valence-electron chi connectivity index (χ1n) is 10.3. The van der Waals surface area contributed by atoms with Crippen molar-refractivity contribution in [3.63, 3.8) is 0 Å². The van der Waals surface area contributed by atoms with E-state index in [1.807, 2.05) is 24.4 Å². The van der Waals surface area contributed by atoms with Crippen molar-refractivity contribution < 1.29 is 18.7 Å². The summed E-state index contributed by atoms with van der Waals surface area (Å²) in [5.41, 5.74) is 0.851. The van der Waals surface area contributed by atoms with E-state index >= 15 is 0 Å². The average Bonchev–Trinajstić information content (AvgIpc) is 3.25. The van der Waals surface area contributed by atoms with Gasteiger partial charge in [-0.1, -0.05) is 31.5 Å². The van der Waals surface area contributed by atoms with E-state index in [1.54, 1.807) is 40.4 Å². The molecule has 0 unspecified atom stereocenters. The summed E-state index contributed by atoms with van der Waals surface area (Å²) in [5, 5.41) is 1.97. The number of halogens is 1. The Labute approximate surface area is 182 Å². The minimum atomic E-state index is -0.305. The molecule has 0 radical (unpaired) electrons. The maximum atomic E-state index is 13.3. The number of hydrogen-bond acceptors (Lipinski definition) is 4. The number of carbonyl (C=O) groups excluding carboxylic acids is 2. The largest absolute Gasteiger partial charge is 0.385 e. The van der Waals surface area contributed by atoms with Gasteiger partial charge in [0.05, 0.1) is 13.1 Å². The maximum Gasteiger partial charge on any atom is 0.242 e. The van der Waals surface area contributed by atoms with Gasteiger partial charge in [0, 0.05) is 38.1 Å². The first-order valence-corrected chi connectivity index (χ1v) is 11.2. The molecular weight excluding hydrogens is 403 g/mol. The van der Waals surface area contributed by atoms with Crippen LogP contribution in [0.3, 0.4) is 0 Å². The number of rotatable bonds is 13. The van der Waals surface area contributed by atoms with Gasteiger partial charge in [-0.05, 0) is 42.0 Å². The number of nitrogens with zero attached hydrogens (tertiary/aromatic N) is 2. The molecule has 1 heterocycles. The van der Waals surface area contributed by atoms with Crippen LogP contribution in [-0.2, 0) is 27.4 Å². The van der Waals surface area contributed by atoms with Crippen LogP contribution in [0, 0.1) is 5.82 Å². The summed E-state index contributed by atoms with van der Waals surface area (Å²) in [6.07, 6.45) is 2.87. The molecule has 0 fully saturated rings. The van der Waals surface area contributed by atoms with Crippen molar-refractivity contribution in [3.05, 3.63) is 58.0 Å². The Kier molecular flexibility index (Phi) is 10.5. The second kappa shape index (κ2) is 13.1. The number of hydrogen-bond donors (Lipinski definition) is 0. The molecule has 0 aliphatic heterocycles. The Bertz CT molecular complexity index is 765.